The number of hydrogen-bond donors (Lipinski definition) is 2. The Labute approximate surface area is 109 Å². The Morgan fingerprint density at radius 2 is 2.16 bits per heavy atom. The molecule has 0 aliphatic heterocycles. The minimum atomic E-state index is -0.204. The predicted molar refractivity (Wildman–Crippen MR) is 73.0 cm³/mol. The number of benzene rings is 1. The Bertz CT molecular complexity index is 734. The van der Waals surface area contributed by atoms with Gasteiger partial charge in [0, 0.05) is 17.3 Å². The fraction of sp³-hybridized carbons (Fsp3) is 0.0714. The summed E-state index contributed by atoms with van der Waals surface area (Å²) < 4.78 is 0. The van der Waals surface area contributed by atoms with Gasteiger partial charge in [-0.25, -0.2) is 0 Å². The van der Waals surface area contributed by atoms with E-state index in [0.717, 1.165) is 16.6 Å². The largest absolute Gasteiger partial charge is 0.320 e. The van der Waals surface area contributed by atoms with Gasteiger partial charge in [0.1, 0.15) is 0 Å². The van der Waals surface area contributed by atoms with Gasteiger partial charge in [0.25, 0.3) is 5.91 Å². The van der Waals surface area contributed by atoms with Crippen molar-refractivity contribution < 1.29 is 4.79 Å². The highest BCUT2D eigenvalue weighted by atomic mass is 16.1. The highest BCUT2D eigenvalue weighted by Gasteiger charge is 2.09. The van der Waals surface area contributed by atoms with E-state index in [2.05, 4.69) is 20.5 Å². The molecule has 2 heterocycles. The maximum Gasteiger partial charge on any atom is 0.258 e. The van der Waals surface area contributed by atoms with Gasteiger partial charge in [-0.1, -0.05) is 18.2 Å². The van der Waals surface area contributed by atoms with E-state index in [1.165, 1.54) is 6.20 Å². The lowest BCUT2D eigenvalue weighted by Crippen LogP contribution is -2.11. The van der Waals surface area contributed by atoms with E-state index in [1.54, 1.807) is 6.20 Å². The van der Waals surface area contributed by atoms with Crippen molar-refractivity contribution in [1.82, 2.24) is 15.2 Å². The number of rotatable bonds is 2. The second kappa shape index (κ2) is 4.53. The van der Waals surface area contributed by atoms with Crippen molar-refractivity contribution in [2.24, 2.45) is 0 Å². The van der Waals surface area contributed by atoms with Crippen LogP contribution in [0.2, 0.25) is 0 Å². The number of carbonyl (C=O) groups excluding carboxylic acids is 1. The minimum Gasteiger partial charge on any atom is -0.320 e. The van der Waals surface area contributed by atoms with Crippen LogP contribution in [-0.4, -0.2) is 21.1 Å². The quantitative estimate of drug-likeness (QED) is 0.736. The second-order valence-electron chi connectivity index (χ2n) is 4.27. The molecule has 0 aliphatic rings. The van der Waals surface area contributed by atoms with E-state index in [-0.39, 0.29) is 5.91 Å². The summed E-state index contributed by atoms with van der Waals surface area (Å²) in [7, 11) is 0. The number of nitrogens with one attached hydrogen (secondary N) is 2. The molecule has 0 fully saturated rings. The van der Waals surface area contributed by atoms with Crippen molar-refractivity contribution in [3.63, 3.8) is 0 Å². The van der Waals surface area contributed by atoms with Gasteiger partial charge in [-0.15, -0.1) is 0 Å². The molecule has 0 aliphatic carbocycles. The summed E-state index contributed by atoms with van der Waals surface area (Å²) in [6.45, 7) is 1.92. The molecule has 0 atom stereocenters. The molecule has 0 radical (unpaired) electrons. The third-order valence-corrected chi connectivity index (χ3v) is 2.87. The molecule has 0 spiro atoms. The number of aryl methyl sites for hydroxylation is 1. The summed E-state index contributed by atoms with van der Waals surface area (Å²) in [5.41, 5.74) is 2.90. The third-order valence-electron chi connectivity index (χ3n) is 2.87. The maximum atomic E-state index is 12.0. The number of pyridine rings is 1. The number of carbonyl (C=O) groups is 1. The third kappa shape index (κ3) is 2.18. The Balaban J connectivity index is 2.01. The Hall–Kier alpha value is -2.69. The summed E-state index contributed by atoms with van der Waals surface area (Å²) in [6, 6.07) is 9.64. The fourth-order valence-corrected chi connectivity index (χ4v) is 1.92. The minimum absolute atomic E-state index is 0.204. The molecular formula is C14H12N4O. The van der Waals surface area contributed by atoms with Gasteiger partial charge in [-0.05, 0) is 19.1 Å². The lowest BCUT2D eigenvalue weighted by atomic mass is 10.1. The number of amides is 1. The molecule has 5 heteroatoms. The molecule has 0 saturated heterocycles. The average Bonchev–Trinajstić information content (AvgIpc) is 2.93. The first-order valence-electron chi connectivity index (χ1n) is 5.90. The second-order valence-corrected chi connectivity index (χ2v) is 4.27. The zero-order valence-electron chi connectivity index (χ0n) is 10.3. The topological polar surface area (TPSA) is 70.7 Å². The van der Waals surface area contributed by atoms with Gasteiger partial charge in [0.15, 0.2) is 0 Å². The van der Waals surface area contributed by atoms with Crippen molar-refractivity contribution in [3.8, 4) is 0 Å². The molecule has 3 aromatic rings. The van der Waals surface area contributed by atoms with E-state index in [0.29, 0.717) is 11.3 Å². The molecule has 1 amide bonds. The molecule has 19 heavy (non-hydrogen) atoms. The number of nitrogens with zero attached hydrogens (tertiary/aromatic N) is 2. The number of aromatic nitrogens is 3. The molecule has 2 aromatic heterocycles. The highest BCUT2D eigenvalue weighted by molar-refractivity contribution is 6.08. The number of H-pyrrole nitrogens is 1. The van der Waals surface area contributed by atoms with Crippen LogP contribution in [0.5, 0.6) is 0 Å². The summed E-state index contributed by atoms with van der Waals surface area (Å²) in [4.78, 5) is 16.5. The number of fused-ring (bicyclic) bond motifs is 1. The smallest absolute Gasteiger partial charge is 0.258 e. The average molecular weight is 252 g/mol. The highest BCUT2D eigenvalue weighted by Crippen LogP contribution is 2.22. The maximum absolute atomic E-state index is 12.0. The van der Waals surface area contributed by atoms with E-state index >= 15 is 0 Å². The molecule has 5 nitrogen and oxygen atoms in total. The van der Waals surface area contributed by atoms with Crippen LogP contribution in [0, 0.1) is 6.92 Å². The molecule has 94 valence electrons. The van der Waals surface area contributed by atoms with Crippen molar-refractivity contribution in [2.75, 3.05) is 5.32 Å². The SMILES string of the molecule is Cc1ccc2cccc(NC(=O)c3cn[nH]c3)c2n1. The van der Waals surface area contributed by atoms with Crippen molar-refractivity contribution in [2.45, 2.75) is 6.92 Å². The molecule has 3 rings (SSSR count). The van der Waals surface area contributed by atoms with Crippen molar-refractivity contribution in [1.29, 1.82) is 0 Å². The first-order valence-corrected chi connectivity index (χ1v) is 5.90. The van der Waals surface area contributed by atoms with Crippen LogP contribution in [0.15, 0.2) is 42.7 Å². The molecule has 0 unspecified atom stereocenters. The van der Waals surface area contributed by atoms with Crippen LogP contribution in [0.25, 0.3) is 10.9 Å². The lowest BCUT2D eigenvalue weighted by molar-refractivity contribution is 0.102. The summed E-state index contributed by atoms with van der Waals surface area (Å²) in [5, 5.41) is 10.2. The molecule has 1 aromatic carbocycles. The molecule has 0 saturated carbocycles. The fourth-order valence-electron chi connectivity index (χ4n) is 1.92. The Kier molecular flexibility index (Phi) is 2.72. The van der Waals surface area contributed by atoms with Crippen LogP contribution in [-0.2, 0) is 0 Å². The number of anilines is 1. The zero-order valence-corrected chi connectivity index (χ0v) is 10.3. The molecule has 0 bridgehead atoms. The van der Waals surface area contributed by atoms with Crippen LogP contribution < -0.4 is 5.32 Å². The van der Waals surface area contributed by atoms with Crippen molar-refractivity contribution in [3.05, 3.63) is 54.0 Å². The summed E-state index contributed by atoms with van der Waals surface area (Å²) >= 11 is 0. The number of aromatic amines is 1. The van der Waals surface area contributed by atoms with Crippen LogP contribution in [0.1, 0.15) is 16.1 Å². The Morgan fingerprint density at radius 3 is 2.95 bits per heavy atom. The molecule has 2 N–H and O–H groups in total. The van der Waals surface area contributed by atoms with Crippen LogP contribution >= 0.6 is 0 Å². The predicted octanol–water partition coefficient (Wildman–Crippen LogP) is 2.52. The van der Waals surface area contributed by atoms with Gasteiger partial charge in [0.2, 0.25) is 0 Å². The zero-order chi connectivity index (χ0) is 13.2. The van der Waals surface area contributed by atoms with Crippen molar-refractivity contribution >= 4 is 22.5 Å². The van der Waals surface area contributed by atoms with Gasteiger partial charge in [0.05, 0.1) is 23.0 Å². The van der Waals surface area contributed by atoms with E-state index in [9.17, 15) is 4.79 Å². The number of para-hydroxylation sites is 1. The first-order chi connectivity index (χ1) is 9.24. The number of hydrogen-bond acceptors (Lipinski definition) is 3. The van der Waals surface area contributed by atoms with E-state index in [1.807, 2.05) is 37.3 Å². The van der Waals surface area contributed by atoms with Gasteiger partial charge in [-0.3, -0.25) is 14.9 Å². The van der Waals surface area contributed by atoms with Gasteiger partial charge in [-0.2, -0.15) is 5.10 Å². The van der Waals surface area contributed by atoms with E-state index < -0.39 is 0 Å². The normalized spacial score (nSPS) is 10.6. The summed E-state index contributed by atoms with van der Waals surface area (Å²) in [5.74, 6) is -0.204. The standard InChI is InChI=1S/C14H12N4O/c1-9-5-6-10-3-2-4-12(13(10)17-9)18-14(19)11-7-15-16-8-11/h2-8H,1H3,(H,15,16)(H,18,19). The lowest BCUT2D eigenvalue weighted by Gasteiger charge is -2.07. The van der Waals surface area contributed by atoms with Crippen LogP contribution in [0.4, 0.5) is 5.69 Å². The monoisotopic (exact) mass is 252 g/mol. The Morgan fingerprint density at radius 1 is 1.26 bits per heavy atom. The van der Waals surface area contributed by atoms with Crippen LogP contribution in [0.3, 0.4) is 0 Å². The first kappa shape index (κ1) is 11.4. The van der Waals surface area contributed by atoms with E-state index in [4.69, 9.17) is 0 Å². The molecular weight excluding hydrogens is 240 g/mol. The summed E-state index contributed by atoms with van der Waals surface area (Å²) in [6.07, 6.45) is 3.04. The van der Waals surface area contributed by atoms with Gasteiger partial charge < -0.3 is 5.32 Å². The van der Waals surface area contributed by atoms with Gasteiger partial charge >= 0.3 is 0 Å².